The molecule has 1 unspecified atom stereocenters. The van der Waals surface area contributed by atoms with E-state index >= 15 is 4.39 Å². The molecule has 1 aliphatic rings. The molecule has 1 aliphatic heterocycles. The number of nitrogens with zero attached hydrogens (tertiary/aromatic N) is 3. The maximum atomic E-state index is 15.1. The lowest BCUT2D eigenvalue weighted by Crippen LogP contribution is -2.36. The number of hydrogen-bond acceptors (Lipinski definition) is 9. The van der Waals surface area contributed by atoms with Crippen LogP contribution in [0.25, 0.3) is 11.1 Å². The van der Waals surface area contributed by atoms with Crippen molar-refractivity contribution >= 4 is 51.6 Å². The normalized spacial score (nSPS) is 14.4. The van der Waals surface area contributed by atoms with Crippen molar-refractivity contribution in [2.24, 2.45) is 0 Å². The molecule has 1 saturated heterocycles. The minimum absolute atomic E-state index is 0.119. The molecule has 220 valence electrons. The molecule has 2 aromatic heterocycles. The first-order valence-electron chi connectivity index (χ1n) is 12.9. The summed E-state index contributed by atoms with van der Waals surface area (Å²) >= 11 is 11.9. The third-order valence-corrected chi connectivity index (χ3v) is 7.29. The topological polar surface area (TPSA) is 119 Å². The molecule has 5 rings (SSSR count). The molecule has 1 fully saturated rings. The van der Waals surface area contributed by atoms with E-state index in [1.165, 1.54) is 32.6 Å². The van der Waals surface area contributed by atoms with Crippen molar-refractivity contribution in [3.63, 3.8) is 0 Å². The van der Waals surface area contributed by atoms with Crippen molar-refractivity contribution in [1.29, 1.82) is 0 Å². The molecule has 10 nitrogen and oxygen atoms in total. The van der Waals surface area contributed by atoms with Crippen LogP contribution in [0.5, 0.6) is 11.5 Å². The van der Waals surface area contributed by atoms with Crippen molar-refractivity contribution < 1.29 is 32.9 Å². The van der Waals surface area contributed by atoms with Gasteiger partial charge in [-0.25, -0.2) is 9.37 Å². The molecule has 0 spiro atoms. The van der Waals surface area contributed by atoms with Crippen LogP contribution in [0.3, 0.4) is 0 Å². The van der Waals surface area contributed by atoms with E-state index in [2.05, 4.69) is 20.2 Å². The van der Waals surface area contributed by atoms with Gasteiger partial charge in [-0.3, -0.25) is 9.78 Å². The summed E-state index contributed by atoms with van der Waals surface area (Å²) in [6, 6.07) is 8.79. The first-order valence-corrected chi connectivity index (χ1v) is 13.7. The summed E-state index contributed by atoms with van der Waals surface area (Å²) in [6.07, 6.45) is 1.39. The van der Waals surface area contributed by atoms with Gasteiger partial charge in [0.2, 0.25) is 11.8 Å². The predicted octanol–water partition coefficient (Wildman–Crippen LogP) is 5.23. The van der Waals surface area contributed by atoms with Crippen LogP contribution in [-0.2, 0) is 16.0 Å². The highest BCUT2D eigenvalue weighted by Crippen LogP contribution is 2.41. The van der Waals surface area contributed by atoms with Gasteiger partial charge in [0.1, 0.15) is 11.3 Å². The summed E-state index contributed by atoms with van der Waals surface area (Å²) in [5, 5.41) is 13.8. The van der Waals surface area contributed by atoms with Crippen LogP contribution in [0.2, 0.25) is 5.02 Å². The molecule has 1 amide bonds. The van der Waals surface area contributed by atoms with Crippen molar-refractivity contribution in [3.8, 4) is 11.5 Å². The number of anilines is 2. The lowest BCUT2D eigenvalue weighted by molar-refractivity contribution is -0.111. The number of fused-ring (bicyclic) bond motifs is 1. The van der Waals surface area contributed by atoms with E-state index in [4.69, 9.17) is 41.8 Å². The number of oxazole rings is 1. The Balaban J connectivity index is 1.45. The number of hydrogen-bond donors (Lipinski definition) is 2. The average molecular weight is 617 g/mol. The van der Waals surface area contributed by atoms with Crippen LogP contribution in [0.1, 0.15) is 28.8 Å². The molecule has 0 radical (unpaired) electrons. The number of ether oxygens (including phenoxy) is 3. The summed E-state index contributed by atoms with van der Waals surface area (Å²) in [7, 11) is 2.65. The molecule has 0 saturated carbocycles. The number of aromatic nitrogens is 2. The summed E-state index contributed by atoms with van der Waals surface area (Å²) < 4.78 is 36.5. The second-order valence-electron chi connectivity index (χ2n) is 9.32. The van der Waals surface area contributed by atoms with Gasteiger partial charge in [-0.05, 0) is 23.8 Å². The van der Waals surface area contributed by atoms with Gasteiger partial charge in [0.25, 0.3) is 0 Å². The highest BCUT2D eigenvalue weighted by Gasteiger charge is 2.29. The fraction of sp³-hybridized carbons (Fsp3) is 0.276. The van der Waals surface area contributed by atoms with Gasteiger partial charge >= 0.3 is 0 Å². The van der Waals surface area contributed by atoms with Gasteiger partial charge in [0.15, 0.2) is 23.3 Å². The maximum Gasteiger partial charge on any atom is 0.249 e. The largest absolute Gasteiger partial charge is 0.495 e. The van der Waals surface area contributed by atoms with Crippen LogP contribution in [0.4, 0.5) is 15.8 Å². The fourth-order valence-corrected chi connectivity index (χ4v) is 5.09. The van der Waals surface area contributed by atoms with Crippen molar-refractivity contribution in [2.75, 3.05) is 50.7 Å². The summed E-state index contributed by atoms with van der Waals surface area (Å²) in [4.78, 5) is 23.4. The molecule has 2 aromatic carbocycles. The minimum Gasteiger partial charge on any atom is -0.495 e. The monoisotopic (exact) mass is 616 g/mol. The Labute approximate surface area is 250 Å². The van der Waals surface area contributed by atoms with Crippen LogP contribution < -0.4 is 19.7 Å². The zero-order valence-electron chi connectivity index (χ0n) is 22.7. The van der Waals surface area contributed by atoms with E-state index in [9.17, 15) is 9.90 Å². The van der Waals surface area contributed by atoms with E-state index in [0.717, 1.165) is 29.9 Å². The zero-order valence-corrected chi connectivity index (χ0v) is 24.2. The number of halogens is 3. The molecule has 4 aromatic rings. The summed E-state index contributed by atoms with van der Waals surface area (Å²) in [5.41, 5.74) is 4.50. The number of carbonyl (C=O) groups is 1. The molecule has 0 bridgehead atoms. The summed E-state index contributed by atoms with van der Waals surface area (Å²) in [6.45, 7) is 2.73. The maximum absolute atomic E-state index is 15.1. The zero-order chi connectivity index (χ0) is 29.8. The van der Waals surface area contributed by atoms with Gasteiger partial charge in [-0.15, -0.1) is 0 Å². The predicted molar refractivity (Wildman–Crippen MR) is 156 cm³/mol. The lowest BCUT2D eigenvalue weighted by atomic mass is 10.0. The van der Waals surface area contributed by atoms with Crippen LogP contribution in [0, 0.1) is 5.82 Å². The van der Waals surface area contributed by atoms with E-state index in [0.29, 0.717) is 36.5 Å². The standard InChI is InChI=1S/C29H27Cl2FN4O6/c1-39-21-14-22(40-2)27(32)25(26(21)31)28(38)29-35-20-12-17(33-15-23(20)42-29)11-16-3-4-18(36-7-9-41-10-8-36)13-19(16)34-24(37)5-6-30/h3-6,12-15,28,38H,7-11H2,1-2H3,(H,34,37). The van der Waals surface area contributed by atoms with E-state index in [1.54, 1.807) is 6.07 Å². The Morgan fingerprint density at radius 3 is 2.69 bits per heavy atom. The number of aliphatic hydroxyl groups excluding tert-OH is 1. The number of carbonyl (C=O) groups excluding carboxylic acids is 1. The van der Waals surface area contributed by atoms with Gasteiger partial charge in [-0.2, -0.15) is 0 Å². The third kappa shape index (κ3) is 6.14. The number of aliphatic hydroxyl groups is 1. The van der Waals surface area contributed by atoms with Gasteiger partial charge in [-0.1, -0.05) is 29.3 Å². The number of pyridine rings is 1. The molecular formula is C29H27Cl2FN4O6. The van der Waals surface area contributed by atoms with Gasteiger partial charge < -0.3 is 34.0 Å². The Kier molecular flexibility index (Phi) is 9.12. The highest BCUT2D eigenvalue weighted by atomic mass is 35.5. The fourth-order valence-electron chi connectivity index (χ4n) is 4.66. The van der Waals surface area contributed by atoms with E-state index < -0.39 is 11.9 Å². The molecular weight excluding hydrogens is 590 g/mol. The molecule has 13 heteroatoms. The summed E-state index contributed by atoms with van der Waals surface area (Å²) in [5.74, 6) is -1.46. The minimum atomic E-state index is -1.65. The van der Waals surface area contributed by atoms with Crippen LogP contribution >= 0.6 is 23.2 Å². The molecule has 42 heavy (non-hydrogen) atoms. The molecule has 1 atom stereocenters. The Morgan fingerprint density at radius 2 is 1.98 bits per heavy atom. The number of rotatable bonds is 9. The molecule has 2 N–H and O–H groups in total. The second-order valence-corrected chi connectivity index (χ2v) is 9.95. The first kappa shape index (κ1) is 29.6. The Morgan fingerprint density at radius 1 is 1.21 bits per heavy atom. The lowest BCUT2D eigenvalue weighted by Gasteiger charge is -2.29. The van der Waals surface area contributed by atoms with Crippen molar-refractivity contribution in [3.05, 3.63) is 81.7 Å². The van der Waals surface area contributed by atoms with E-state index in [1.807, 2.05) is 18.2 Å². The SMILES string of the molecule is COc1cc(OC)c(Cl)c(C(O)c2nc3cc(Cc4ccc(N5CCOCC5)cc4NC(=O)C=CCl)ncc3o2)c1F. The Hall–Kier alpha value is -3.90. The first-order chi connectivity index (χ1) is 20.3. The number of methoxy groups -OCH3 is 2. The van der Waals surface area contributed by atoms with Crippen LogP contribution in [-0.4, -0.2) is 61.5 Å². The smallest absolute Gasteiger partial charge is 0.249 e. The third-order valence-electron chi connectivity index (χ3n) is 6.78. The quantitative estimate of drug-likeness (QED) is 0.243. The van der Waals surface area contributed by atoms with Gasteiger partial charge in [0.05, 0.1) is 44.2 Å². The van der Waals surface area contributed by atoms with Crippen molar-refractivity contribution in [1.82, 2.24) is 9.97 Å². The number of benzene rings is 2. The molecule has 3 heterocycles. The number of nitrogens with one attached hydrogen (secondary N) is 1. The number of amides is 1. The van der Waals surface area contributed by atoms with Gasteiger partial charge in [0, 0.05) is 54.3 Å². The Bertz CT molecular complexity index is 1610. The van der Waals surface area contributed by atoms with E-state index in [-0.39, 0.29) is 39.5 Å². The second kappa shape index (κ2) is 13.0. The molecule has 0 aliphatic carbocycles. The highest BCUT2D eigenvalue weighted by molar-refractivity contribution is 6.33. The average Bonchev–Trinajstić information content (AvgIpc) is 3.42. The number of morpholine rings is 1. The van der Waals surface area contributed by atoms with Crippen LogP contribution in [0.15, 0.2) is 52.6 Å². The van der Waals surface area contributed by atoms with Crippen molar-refractivity contribution in [2.45, 2.75) is 12.5 Å².